The highest BCUT2D eigenvalue weighted by Gasteiger charge is 2.20. The number of carbonyl (C=O) groups excluding carboxylic acids is 2. The molecule has 7 nitrogen and oxygen atoms in total. The number of nitriles is 1. The van der Waals surface area contributed by atoms with E-state index in [9.17, 15) is 9.59 Å². The summed E-state index contributed by atoms with van der Waals surface area (Å²) in [5.74, 6) is 0.896. The second-order valence-electron chi connectivity index (χ2n) is 8.06. The highest BCUT2D eigenvalue weighted by Crippen LogP contribution is 2.22. The normalized spacial score (nSPS) is 14.5. The van der Waals surface area contributed by atoms with E-state index in [1.807, 2.05) is 86.6 Å². The van der Waals surface area contributed by atoms with Crippen molar-refractivity contribution in [1.29, 1.82) is 5.26 Å². The van der Waals surface area contributed by atoms with Gasteiger partial charge in [0.2, 0.25) is 0 Å². The van der Waals surface area contributed by atoms with Crippen molar-refractivity contribution in [2.45, 2.75) is 80.8 Å². The molecule has 2 fully saturated rings. The van der Waals surface area contributed by atoms with E-state index in [-0.39, 0.29) is 6.09 Å². The lowest BCUT2D eigenvalue weighted by atomic mass is 10.0. The Morgan fingerprint density at radius 1 is 1.09 bits per heavy atom. The summed E-state index contributed by atoms with van der Waals surface area (Å²) in [5, 5.41) is 14.8. The third kappa shape index (κ3) is 14.5. The highest BCUT2D eigenvalue weighted by atomic mass is 16.6. The first kappa shape index (κ1) is 33.6. The fraction of sp³-hybridized carbons (Fsp3) is 0.667. The maximum atomic E-state index is 11.1. The van der Waals surface area contributed by atoms with Crippen molar-refractivity contribution in [1.82, 2.24) is 10.6 Å². The van der Waals surface area contributed by atoms with Crippen LogP contribution in [-0.2, 0) is 9.53 Å². The predicted molar refractivity (Wildman–Crippen MR) is 142 cm³/mol. The maximum Gasteiger partial charge on any atom is 0.407 e. The van der Waals surface area contributed by atoms with Gasteiger partial charge in [0.05, 0.1) is 11.3 Å². The zero-order chi connectivity index (χ0) is 26.6. The Hall–Kier alpha value is -2.59. The summed E-state index contributed by atoms with van der Waals surface area (Å²) < 4.78 is 5.09. The van der Waals surface area contributed by atoms with E-state index in [0.717, 1.165) is 31.9 Å². The van der Waals surface area contributed by atoms with Crippen LogP contribution in [0.5, 0.6) is 0 Å². The summed E-state index contributed by atoms with van der Waals surface area (Å²) >= 11 is 0. The van der Waals surface area contributed by atoms with Crippen LogP contribution < -0.4 is 15.5 Å². The number of carbonyl (C=O) groups is 2. The number of rotatable bonds is 3. The van der Waals surface area contributed by atoms with Crippen molar-refractivity contribution < 1.29 is 14.3 Å². The maximum absolute atomic E-state index is 11.1. The van der Waals surface area contributed by atoms with Gasteiger partial charge in [0, 0.05) is 51.5 Å². The molecule has 3 rings (SSSR count). The van der Waals surface area contributed by atoms with Gasteiger partial charge in [-0.2, -0.15) is 5.26 Å². The molecule has 2 aliphatic rings. The fourth-order valence-electron chi connectivity index (χ4n) is 2.88. The molecule has 0 spiro atoms. The molecule has 2 N–H and O–H groups in total. The van der Waals surface area contributed by atoms with Crippen LogP contribution in [0.2, 0.25) is 0 Å². The lowest BCUT2D eigenvalue weighted by molar-refractivity contribution is -0.119. The Balaban J connectivity index is 0. The van der Waals surface area contributed by atoms with Gasteiger partial charge in [-0.15, -0.1) is 0 Å². The van der Waals surface area contributed by atoms with E-state index in [1.54, 1.807) is 0 Å². The molecule has 0 bridgehead atoms. The minimum absolute atomic E-state index is 0.320. The number of nitrogens with zero attached hydrogens (tertiary/aromatic N) is 2. The van der Waals surface area contributed by atoms with Crippen LogP contribution in [0, 0.1) is 17.2 Å². The van der Waals surface area contributed by atoms with Gasteiger partial charge in [-0.1, -0.05) is 53.7 Å². The van der Waals surface area contributed by atoms with Gasteiger partial charge in [0.25, 0.3) is 0 Å². The van der Waals surface area contributed by atoms with Crippen molar-refractivity contribution in [3.8, 4) is 6.07 Å². The van der Waals surface area contributed by atoms with E-state index in [1.165, 1.54) is 0 Å². The summed E-state index contributed by atoms with van der Waals surface area (Å²) in [7, 11) is 0. The Bertz CT molecular complexity index is 709. The minimum atomic E-state index is -0.401. The van der Waals surface area contributed by atoms with E-state index >= 15 is 0 Å². The first-order valence-corrected chi connectivity index (χ1v) is 12.7. The number of piperidine rings is 1. The summed E-state index contributed by atoms with van der Waals surface area (Å²) in [4.78, 5) is 24.4. The Morgan fingerprint density at radius 3 is 2.06 bits per heavy atom. The van der Waals surface area contributed by atoms with Crippen LogP contribution in [0.1, 0.15) is 80.7 Å². The number of anilines is 1. The van der Waals surface area contributed by atoms with Crippen molar-refractivity contribution in [3.63, 3.8) is 0 Å². The first-order chi connectivity index (χ1) is 16.3. The van der Waals surface area contributed by atoms with Crippen LogP contribution in [0.4, 0.5) is 10.5 Å². The number of Topliss-reactive ketones (excluding diaryl/α,β-unsaturated/α-hetero) is 1. The van der Waals surface area contributed by atoms with Gasteiger partial charge in [0.15, 0.2) is 0 Å². The van der Waals surface area contributed by atoms with Crippen molar-refractivity contribution >= 4 is 17.6 Å². The molecule has 2 heterocycles. The third-order valence-electron chi connectivity index (χ3n) is 4.49. The van der Waals surface area contributed by atoms with Crippen LogP contribution in [0.3, 0.4) is 0 Å². The summed E-state index contributed by atoms with van der Waals surface area (Å²) in [6.07, 6.45) is 0.874. The van der Waals surface area contributed by atoms with Gasteiger partial charge in [-0.25, -0.2) is 4.79 Å². The average molecular weight is 477 g/mol. The molecule has 0 atom stereocenters. The Labute approximate surface area is 208 Å². The number of ether oxygens (including phenoxy) is 1. The highest BCUT2D eigenvalue weighted by molar-refractivity contribution is 5.81. The second-order valence-corrected chi connectivity index (χ2v) is 8.06. The molecule has 0 aliphatic carbocycles. The lowest BCUT2D eigenvalue weighted by Gasteiger charge is -2.28. The standard InChI is InChI=1S/C12H12N2O.C9H18N2O2.3C2H6/c13-9-10-3-1-2-4-12(10)14-7-5-11(15)6-8-14;1-9(2,3)13-8(12)11-6-7-4-10-5-7;3*1-2/h1-4H,5-8H2;7,10H,4-6H2,1-3H3,(H,11,12);3*1-2H3. The monoisotopic (exact) mass is 476 g/mol. The van der Waals surface area contributed by atoms with Gasteiger partial charge in [-0.05, 0) is 32.9 Å². The number of hydrogen-bond acceptors (Lipinski definition) is 6. The van der Waals surface area contributed by atoms with Crippen LogP contribution >= 0.6 is 0 Å². The molecule has 2 saturated heterocycles. The number of benzene rings is 1. The molecule has 0 saturated carbocycles. The molecule has 0 aromatic heterocycles. The number of ketones is 1. The zero-order valence-corrected chi connectivity index (χ0v) is 23.0. The summed E-state index contributed by atoms with van der Waals surface area (Å²) in [6.45, 7) is 21.7. The molecule has 34 heavy (non-hydrogen) atoms. The molecule has 1 amide bonds. The van der Waals surface area contributed by atoms with Gasteiger partial charge < -0.3 is 20.3 Å². The molecular weight excluding hydrogens is 428 g/mol. The minimum Gasteiger partial charge on any atom is -0.444 e. The van der Waals surface area contributed by atoms with Gasteiger partial charge in [-0.3, -0.25) is 4.79 Å². The molecular formula is C27H48N4O3. The molecule has 194 valence electrons. The predicted octanol–water partition coefficient (Wildman–Crippen LogP) is 5.54. The quantitative estimate of drug-likeness (QED) is 0.595. The number of hydrogen-bond donors (Lipinski definition) is 2. The molecule has 2 aliphatic heterocycles. The van der Waals surface area contributed by atoms with E-state index < -0.39 is 5.60 Å². The third-order valence-corrected chi connectivity index (χ3v) is 4.49. The Kier molecular flexibility index (Phi) is 19.6. The van der Waals surface area contributed by atoms with Crippen molar-refractivity contribution in [3.05, 3.63) is 29.8 Å². The summed E-state index contributed by atoms with van der Waals surface area (Å²) in [6, 6.07) is 9.71. The SMILES string of the molecule is CC.CC.CC.CC(C)(C)OC(=O)NCC1CNC1.N#Cc1ccccc1N1CCC(=O)CC1. The van der Waals surface area contributed by atoms with Crippen LogP contribution in [-0.4, -0.2) is 50.2 Å². The molecule has 7 heteroatoms. The lowest BCUT2D eigenvalue weighted by Crippen LogP contribution is -2.48. The number of para-hydroxylation sites is 1. The number of alkyl carbamates (subject to hydrolysis) is 1. The summed E-state index contributed by atoms with van der Waals surface area (Å²) in [5.41, 5.74) is 1.24. The van der Waals surface area contributed by atoms with Crippen molar-refractivity contribution in [2.24, 2.45) is 5.92 Å². The van der Waals surface area contributed by atoms with Gasteiger partial charge in [0.1, 0.15) is 17.5 Å². The topological polar surface area (TPSA) is 94.5 Å². The van der Waals surface area contributed by atoms with E-state index in [4.69, 9.17) is 10.00 Å². The zero-order valence-electron chi connectivity index (χ0n) is 23.0. The second kappa shape index (κ2) is 19.8. The number of amides is 1. The number of nitrogens with one attached hydrogen (secondary N) is 2. The molecule has 0 radical (unpaired) electrons. The van der Waals surface area contributed by atoms with E-state index in [2.05, 4.69) is 21.6 Å². The van der Waals surface area contributed by atoms with Gasteiger partial charge >= 0.3 is 6.09 Å². The van der Waals surface area contributed by atoms with Crippen LogP contribution in [0.15, 0.2) is 24.3 Å². The smallest absolute Gasteiger partial charge is 0.407 e. The van der Waals surface area contributed by atoms with Crippen molar-refractivity contribution in [2.75, 3.05) is 37.6 Å². The molecule has 0 unspecified atom stereocenters. The molecule has 1 aromatic rings. The largest absolute Gasteiger partial charge is 0.444 e. The fourth-order valence-corrected chi connectivity index (χ4v) is 2.88. The first-order valence-electron chi connectivity index (χ1n) is 12.7. The molecule has 1 aromatic carbocycles. The van der Waals surface area contributed by atoms with Crippen LogP contribution in [0.25, 0.3) is 0 Å². The van der Waals surface area contributed by atoms with E-state index in [0.29, 0.717) is 36.7 Å². The average Bonchev–Trinajstić information content (AvgIpc) is 2.82. The Morgan fingerprint density at radius 2 is 1.62 bits per heavy atom.